The van der Waals surface area contributed by atoms with Crippen molar-refractivity contribution in [1.29, 1.82) is 0 Å². The molecule has 68 valence electrons. The molecule has 3 atom stereocenters. The normalized spacial score (nSPS) is 40.8. The third-order valence-corrected chi connectivity index (χ3v) is 3.27. The fraction of sp³-hybridized carbons (Fsp3) is 0.889. The molecule has 3 nitrogen and oxygen atoms in total. The lowest BCUT2D eigenvalue weighted by atomic mass is 9.76. The molecule has 0 aromatic carbocycles. The highest BCUT2D eigenvalue weighted by Gasteiger charge is 2.39. The van der Waals surface area contributed by atoms with Gasteiger partial charge >= 0.3 is 5.97 Å². The highest BCUT2D eigenvalue weighted by atomic mass is 16.4. The molecular formula is C9H15NO2. The zero-order chi connectivity index (χ0) is 8.55. The SMILES string of the molecule is O=C(O)C1CCCC2NCCC21. The molecule has 3 heteroatoms. The van der Waals surface area contributed by atoms with Crippen LogP contribution in [0.5, 0.6) is 0 Å². The number of hydrogen-bond donors (Lipinski definition) is 2. The third-order valence-electron chi connectivity index (χ3n) is 3.27. The highest BCUT2D eigenvalue weighted by molar-refractivity contribution is 5.70. The number of carboxylic acids is 1. The van der Waals surface area contributed by atoms with Crippen molar-refractivity contribution in [1.82, 2.24) is 5.32 Å². The zero-order valence-electron chi connectivity index (χ0n) is 7.12. The van der Waals surface area contributed by atoms with Gasteiger partial charge in [-0.25, -0.2) is 0 Å². The summed E-state index contributed by atoms with van der Waals surface area (Å²) in [4.78, 5) is 10.9. The standard InChI is InChI=1S/C9H15NO2/c11-9(12)7-2-1-3-8-6(7)4-5-10-8/h6-8,10H,1-5H2,(H,11,12). The van der Waals surface area contributed by atoms with Crippen molar-refractivity contribution in [3.05, 3.63) is 0 Å². The largest absolute Gasteiger partial charge is 0.481 e. The summed E-state index contributed by atoms with van der Waals surface area (Å²) in [7, 11) is 0. The Labute approximate surface area is 72.2 Å². The minimum atomic E-state index is -0.589. The van der Waals surface area contributed by atoms with Crippen molar-refractivity contribution < 1.29 is 9.90 Å². The predicted molar refractivity (Wildman–Crippen MR) is 44.9 cm³/mol. The summed E-state index contributed by atoms with van der Waals surface area (Å²) in [6.07, 6.45) is 4.19. The minimum Gasteiger partial charge on any atom is -0.481 e. The van der Waals surface area contributed by atoms with Gasteiger partial charge < -0.3 is 10.4 Å². The molecule has 1 aliphatic heterocycles. The first kappa shape index (κ1) is 8.05. The number of aliphatic carboxylic acids is 1. The lowest BCUT2D eigenvalue weighted by molar-refractivity contribution is -0.145. The Kier molecular flexibility index (Phi) is 2.05. The van der Waals surface area contributed by atoms with Gasteiger partial charge in [0, 0.05) is 6.04 Å². The van der Waals surface area contributed by atoms with E-state index in [2.05, 4.69) is 5.32 Å². The molecule has 0 aromatic heterocycles. The van der Waals surface area contributed by atoms with Crippen LogP contribution in [-0.4, -0.2) is 23.7 Å². The smallest absolute Gasteiger partial charge is 0.306 e. The zero-order valence-corrected chi connectivity index (χ0v) is 7.12. The van der Waals surface area contributed by atoms with Gasteiger partial charge in [-0.2, -0.15) is 0 Å². The molecule has 1 saturated carbocycles. The Bertz CT molecular complexity index is 193. The van der Waals surface area contributed by atoms with E-state index in [1.54, 1.807) is 0 Å². The minimum absolute atomic E-state index is 0.0706. The molecule has 1 heterocycles. The van der Waals surface area contributed by atoms with E-state index >= 15 is 0 Å². The van der Waals surface area contributed by atoms with Crippen molar-refractivity contribution >= 4 is 5.97 Å². The van der Waals surface area contributed by atoms with E-state index in [9.17, 15) is 4.79 Å². The Balaban J connectivity index is 2.08. The Morgan fingerprint density at radius 1 is 1.33 bits per heavy atom. The Hall–Kier alpha value is -0.570. The van der Waals surface area contributed by atoms with Crippen LogP contribution in [-0.2, 0) is 4.79 Å². The maximum Gasteiger partial charge on any atom is 0.306 e. The van der Waals surface area contributed by atoms with Crippen molar-refractivity contribution in [2.75, 3.05) is 6.54 Å². The lowest BCUT2D eigenvalue weighted by Crippen LogP contribution is -2.38. The van der Waals surface area contributed by atoms with E-state index in [1.807, 2.05) is 0 Å². The van der Waals surface area contributed by atoms with Crippen LogP contribution in [0.3, 0.4) is 0 Å². The third kappa shape index (κ3) is 1.22. The van der Waals surface area contributed by atoms with Gasteiger partial charge in [0.1, 0.15) is 0 Å². The molecule has 1 aliphatic carbocycles. The summed E-state index contributed by atoms with van der Waals surface area (Å²) in [5, 5.41) is 12.3. The molecule has 0 amide bonds. The lowest BCUT2D eigenvalue weighted by Gasteiger charge is -2.30. The molecule has 0 radical (unpaired) electrons. The van der Waals surface area contributed by atoms with Gasteiger partial charge in [-0.3, -0.25) is 4.79 Å². The molecule has 2 rings (SSSR count). The van der Waals surface area contributed by atoms with Gasteiger partial charge in [-0.15, -0.1) is 0 Å². The Morgan fingerprint density at radius 3 is 2.92 bits per heavy atom. The molecule has 0 aromatic rings. The number of fused-ring (bicyclic) bond motifs is 1. The van der Waals surface area contributed by atoms with Gasteiger partial charge in [0.2, 0.25) is 0 Å². The second kappa shape index (κ2) is 3.05. The molecule has 12 heavy (non-hydrogen) atoms. The quantitative estimate of drug-likeness (QED) is 0.611. The highest BCUT2D eigenvalue weighted by Crippen LogP contribution is 2.35. The van der Waals surface area contributed by atoms with Gasteiger partial charge in [0.05, 0.1) is 5.92 Å². The maximum atomic E-state index is 10.9. The van der Waals surface area contributed by atoms with Crippen LogP contribution in [0.15, 0.2) is 0 Å². The number of carboxylic acid groups (broad SMARTS) is 1. The first-order valence-electron chi connectivity index (χ1n) is 4.75. The van der Waals surface area contributed by atoms with Crippen molar-refractivity contribution in [2.24, 2.45) is 11.8 Å². The molecular weight excluding hydrogens is 154 g/mol. The van der Waals surface area contributed by atoms with Crippen LogP contribution in [0, 0.1) is 11.8 Å². The van der Waals surface area contributed by atoms with Crippen LogP contribution in [0.1, 0.15) is 25.7 Å². The topological polar surface area (TPSA) is 49.3 Å². The number of carbonyl (C=O) groups is 1. The van der Waals surface area contributed by atoms with E-state index in [0.717, 1.165) is 25.8 Å². The van der Waals surface area contributed by atoms with E-state index in [1.165, 1.54) is 6.42 Å². The molecule has 3 unspecified atom stereocenters. The number of nitrogens with one attached hydrogen (secondary N) is 1. The van der Waals surface area contributed by atoms with Crippen LogP contribution < -0.4 is 5.32 Å². The molecule has 2 fully saturated rings. The first-order chi connectivity index (χ1) is 5.79. The monoisotopic (exact) mass is 169 g/mol. The molecule has 0 bridgehead atoms. The average molecular weight is 169 g/mol. The van der Waals surface area contributed by atoms with Crippen molar-refractivity contribution in [2.45, 2.75) is 31.7 Å². The summed E-state index contributed by atoms with van der Waals surface area (Å²) in [5.74, 6) is -0.247. The summed E-state index contributed by atoms with van der Waals surface area (Å²) in [6, 6.07) is 0.500. The van der Waals surface area contributed by atoms with Crippen LogP contribution in [0.4, 0.5) is 0 Å². The second-order valence-electron chi connectivity index (χ2n) is 3.89. The van der Waals surface area contributed by atoms with E-state index in [0.29, 0.717) is 12.0 Å². The van der Waals surface area contributed by atoms with Gasteiger partial charge in [0.25, 0.3) is 0 Å². The molecule has 2 aliphatic rings. The Morgan fingerprint density at radius 2 is 2.17 bits per heavy atom. The predicted octanol–water partition coefficient (Wildman–Crippen LogP) is 0.849. The first-order valence-corrected chi connectivity index (χ1v) is 4.75. The molecule has 2 N–H and O–H groups in total. The molecule has 1 saturated heterocycles. The van der Waals surface area contributed by atoms with Gasteiger partial charge in [0.15, 0.2) is 0 Å². The van der Waals surface area contributed by atoms with E-state index in [-0.39, 0.29) is 5.92 Å². The van der Waals surface area contributed by atoms with E-state index < -0.39 is 5.97 Å². The van der Waals surface area contributed by atoms with Crippen LogP contribution in [0.2, 0.25) is 0 Å². The summed E-state index contributed by atoms with van der Waals surface area (Å²) in [5.41, 5.74) is 0. The van der Waals surface area contributed by atoms with Gasteiger partial charge in [-0.05, 0) is 31.7 Å². The van der Waals surface area contributed by atoms with Crippen LogP contribution in [0.25, 0.3) is 0 Å². The van der Waals surface area contributed by atoms with Crippen LogP contribution >= 0.6 is 0 Å². The second-order valence-corrected chi connectivity index (χ2v) is 3.89. The number of rotatable bonds is 1. The van der Waals surface area contributed by atoms with E-state index in [4.69, 9.17) is 5.11 Å². The van der Waals surface area contributed by atoms with Gasteiger partial charge in [-0.1, -0.05) is 6.42 Å². The summed E-state index contributed by atoms with van der Waals surface area (Å²) >= 11 is 0. The fourth-order valence-corrected chi connectivity index (χ4v) is 2.66. The maximum absolute atomic E-state index is 10.9. The summed E-state index contributed by atoms with van der Waals surface area (Å²) < 4.78 is 0. The van der Waals surface area contributed by atoms with Crippen molar-refractivity contribution in [3.63, 3.8) is 0 Å². The molecule has 0 spiro atoms. The fourth-order valence-electron chi connectivity index (χ4n) is 2.66. The number of hydrogen-bond acceptors (Lipinski definition) is 2. The van der Waals surface area contributed by atoms with Crippen molar-refractivity contribution in [3.8, 4) is 0 Å². The summed E-state index contributed by atoms with van der Waals surface area (Å²) in [6.45, 7) is 1.01. The average Bonchev–Trinajstić information content (AvgIpc) is 2.49.